The maximum atomic E-state index is 13.3. The lowest BCUT2D eigenvalue weighted by Crippen LogP contribution is -2.58. The zero-order chi connectivity index (χ0) is 23.3. The predicted molar refractivity (Wildman–Crippen MR) is 118 cm³/mol. The highest BCUT2D eigenvalue weighted by atomic mass is 16.5. The SMILES string of the molecule is COc1cc(C(=O)N2CCNC(=O)[C@@H]2CC(=O)Nc2cccc(C)c2)cc(OC)c1OC. The Bertz CT molecular complexity index is 998. The number of benzene rings is 2. The molecule has 1 aliphatic heterocycles. The van der Waals surface area contributed by atoms with E-state index < -0.39 is 11.9 Å². The summed E-state index contributed by atoms with van der Waals surface area (Å²) < 4.78 is 16.0. The van der Waals surface area contributed by atoms with Crippen molar-refractivity contribution in [3.05, 3.63) is 47.5 Å². The van der Waals surface area contributed by atoms with Gasteiger partial charge in [0.15, 0.2) is 11.5 Å². The van der Waals surface area contributed by atoms with Crippen LogP contribution in [0.25, 0.3) is 0 Å². The van der Waals surface area contributed by atoms with Crippen LogP contribution in [0.2, 0.25) is 0 Å². The molecule has 1 heterocycles. The van der Waals surface area contributed by atoms with Crippen LogP contribution in [0.3, 0.4) is 0 Å². The number of amides is 3. The zero-order valence-electron chi connectivity index (χ0n) is 18.6. The number of carbonyl (C=O) groups excluding carboxylic acids is 3. The van der Waals surface area contributed by atoms with Crippen molar-refractivity contribution in [1.82, 2.24) is 10.2 Å². The van der Waals surface area contributed by atoms with Gasteiger partial charge in [0.25, 0.3) is 5.91 Å². The molecule has 0 radical (unpaired) electrons. The molecule has 9 nitrogen and oxygen atoms in total. The van der Waals surface area contributed by atoms with Crippen molar-refractivity contribution in [2.45, 2.75) is 19.4 Å². The van der Waals surface area contributed by atoms with E-state index in [1.165, 1.54) is 38.4 Å². The Kier molecular flexibility index (Phi) is 7.19. The summed E-state index contributed by atoms with van der Waals surface area (Å²) in [5, 5.41) is 5.52. The fraction of sp³-hybridized carbons (Fsp3) is 0.348. The summed E-state index contributed by atoms with van der Waals surface area (Å²) in [4.78, 5) is 40.0. The average Bonchev–Trinajstić information content (AvgIpc) is 2.78. The van der Waals surface area contributed by atoms with E-state index in [-0.39, 0.29) is 30.3 Å². The molecule has 2 aromatic rings. The normalized spacial score (nSPS) is 15.6. The second-order valence-electron chi connectivity index (χ2n) is 7.34. The van der Waals surface area contributed by atoms with E-state index in [4.69, 9.17) is 14.2 Å². The van der Waals surface area contributed by atoms with E-state index >= 15 is 0 Å². The van der Waals surface area contributed by atoms with Crippen molar-refractivity contribution in [2.75, 3.05) is 39.7 Å². The first-order valence-corrected chi connectivity index (χ1v) is 10.1. The van der Waals surface area contributed by atoms with Gasteiger partial charge in [-0.2, -0.15) is 0 Å². The molecule has 0 saturated carbocycles. The molecule has 170 valence electrons. The number of anilines is 1. The van der Waals surface area contributed by atoms with E-state index in [1.54, 1.807) is 6.07 Å². The number of nitrogens with one attached hydrogen (secondary N) is 2. The molecule has 32 heavy (non-hydrogen) atoms. The molecule has 9 heteroatoms. The second-order valence-corrected chi connectivity index (χ2v) is 7.34. The summed E-state index contributed by atoms with van der Waals surface area (Å²) in [5.41, 5.74) is 1.89. The molecule has 3 amide bonds. The molecule has 2 aromatic carbocycles. The standard InChI is InChI=1S/C23H27N3O6/c1-14-6-5-7-16(10-14)25-20(27)13-17-22(28)24-8-9-26(17)23(29)15-11-18(30-2)21(32-4)19(12-15)31-3/h5-7,10-12,17H,8-9,13H2,1-4H3,(H,24,28)(H,25,27)/t17-/m0/s1. The molecule has 0 bridgehead atoms. The lowest BCUT2D eigenvalue weighted by molar-refractivity contribution is -0.131. The molecule has 1 atom stereocenters. The van der Waals surface area contributed by atoms with Crippen LogP contribution in [0.5, 0.6) is 17.2 Å². The van der Waals surface area contributed by atoms with Gasteiger partial charge in [0.2, 0.25) is 17.6 Å². The minimum atomic E-state index is -0.944. The summed E-state index contributed by atoms with van der Waals surface area (Å²) in [6.45, 7) is 2.48. The van der Waals surface area contributed by atoms with Gasteiger partial charge in [-0.05, 0) is 36.8 Å². The van der Waals surface area contributed by atoms with Gasteiger partial charge in [-0.1, -0.05) is 12.1 Å². The Morgan fingerprint density at radius 3 is 2.38 bits per heavy atom. The summed E-state index contributed by atoms with van der Waals surface area (Å²) in [5.74, 6) is -0.142. The summed E-state index contributed by atoms with van der Waals surface area (Å²) in [6, 6.07) is 9.46. The number of carbonyl (C=O) groups is 3. The third-order valence-electron chi connectivity index (χ3n) is 5.18. The van der Waals surface area contributed by atoms with E-state index in [1.807, 2.05) is 25.1 Å². The van der Waals surface area contributed by atoms with Gasteiger partial charge >= 0.3 is 0 Å². The van der Waals surface area contributed by atoms with Gasteiger partial charge in [-0.15, -0.1) is 0 Å². The van der Waals surface area contributed by atoms with Gasteiger partial charge in [-0.25, -0.2) is 0 Å². The minimum Gasteiger partial charge on any atom is -0.493 e. The summed E-state index contributed by atoms with van der Waals surface area (Å²) in [7, 11) is 4.39. The number of nitrogens with zero attached hydrogens (tertiary/aromatic N) is 1. The molecule has 0 unspecified atom stereocenters. The van der Waals surface area contributed by atoms with Gasteiger partial charge in [0.1, 0.15) is 6.04 Å². The van der Waals surface area contributed by atoms with Crippen LogP contribution in [-0.4, -0.2) is 63.1 Å². The van der Waals surface area contributed by atoms with Crippen molar-refractivity contribution in [3.8, 4) is 17.2 Å². The quantitative estimate of drug-likeness (QED) is 0.681. The molecular weight excluding hydrogens is 414 g/mol. The van der Waals surface area contributed by atoms with Crippen LogP contribution in [0.15, 0.2) is 36.4 Å². The number of aryl methyl sites for hydroxylation is 1. The molecule has 3 rings (SSSR count). The second kappa shape index (κ2) is 10.0. The maximum Gasteiger partial charge on any atom is 0.254 e. The van der Waals surface area contributed by atoms with Crippen LogP contribution < -0.4 is 24.8 Å². The molecule has 0 aromatic heterocycles. The van der Waals surface area contributed by atoms with E-state index in [0.717, 1.165) is 5.56 Å². The molecular formula is C23H27N3O6. The Hall–Kier alpha value is -3.75. The van der Waals surface area contributed by atoms with Crippen LogP contribution in [0.1, 0.15) is 22.3 Å². The first kappa shape index (κ1) is 22.9. The molecule has 2 N–H and O–H groups in total. The Labute approximate surface area is 186 Å². The van der Waals surface area contributed by atoms with Crippen LogP contribution in [0, 0.1) is 6.92 Å². The monoisotopic (exact) mass is 441 g/mol. The number of rotatable bonds is 7. The highest BCUT2D eigenvalue weighted by Gasteiger charge is 2.35. The fourth-order valence-electron chi connectivity index (χ4n) is 3.64. The molecule has 1 fully saturated rings. The lowest BCUT2D eigenvalue weighted by Gasteiger charge is -2.35. The smallest absolute Gasteiger partial charge is 0.254 e. The third kappa shape index (κ3) is 4.93. The van der Waals surface area contributed by atoms with Crippen LogP contribution >= 0.6 is 0 Å². The first-order valence-electron chi connectivity index (χ1n) is 10.1. The van der Waals surface area contributed by atoms with E-state index in [9.17, 15) is 14.4 Å². The van der Waals surface area contributed by atoms with Crippen LogP contribution in [0.4, 0.5) is 5.69 Å². The lowest BCUT2D eigenvalue weighted by atomic mass is 10.0. The van der Waals surface area contributed by atoms with Gasteiger partial charge in [0, 0.05) is 24.3 Å². The number of piperazine rings is 1. The van der Waals surface area contributed by atoms with Crippen molar-refractivity contribution in [2.24, 2.45) is 0 Å². The van der Waals surface area contributed by atoms with Gasteiger partial charge in [0.05, 0.1) is 27.8 Å². The number of hydrogen-bond donors (Lipinski definition) is 2. The van der Waals surface area contributed by atoms with E-state index in [2.05, 4.69) is 10.6 Å². The largest absolute Gasteiger partial charge is 0.493 e. The zero-order valence-corrected chi connectivity index (χ0v) is 18.6. The van der Waals surface area contributed by atoms with Crippen molar-refractivity contribution in [1.29, 1.82) is 0 Å². The summed E-state index contributed by atoms with van der Waals surface area (Å²) in [6.07, 6.45) is -0.171. The van der Waals surface area contributed by atoms with Gasteiger partial charge < -0.3 is 29.7 Å². The highest BCUT2D eigenvalue weighted by molar-refractivity contribution is 6.01. The number of methoxy groups -OCH3 is 3. The minimum absolute atomic E-state index is 0.171. The topological polar surface area (TPSA) is 106 Å². The van der Waals surface area contributed by atoms with Gasteiger partial charge in [-0.3, -0.25) is 14.4 Å². The summed E-state index contributed by atoms with van der Waals surface area (Å²) >= 11 is 0. The highest BCUT2D eigenvalue weighted by Crippen LogP contribution is 2.38. The fourth-order valence-corrected chi connectivity index (χ4v) is 3.64. The predicted octanol–water partition coefficient (Wildman–Crippen LogP) is 1.99. The van der Waals surface area contributed by atoms with Crippen LogP contribution in [-0.2, 0) is 9.59 Å². The van der Waals surface area contributed by atoms with Crippen molar-refractivity contribution < 1.29 is 28.6 Å². The van der Waals surface area contributed by atoms with Crippen molar-refractivity contribution >= 4 is 23.4 Å². The van der Waals surface area contributed by atoms with E-state index in [0.29, 0.717) is 29.5 Å². The van der Waals surface area contributed by atoms with Crippen molar-refractivity contribution in [3.63, 3.8) is 0 Å². The molecule has 1 aliphatic rings. The number of ether oxygens (including phenoxy) is 3. The maximum absolute atomic E-state index is 13.3. The molecule has 0 spiro atoms. The first-order chi connectivity index (χ1) is 15.4. The Balaban J connectivity index is 1.84. The molecule has 0 aliphatic carbocycles. The number of hydrogen-bond acceptors (Lipinski definition) is 6. The Morgan fingerprint density at radius 2 is 1.78 bits per heavy atom. The Morgan fingerprint density at radius 1 is 1.09 bits per heavy atom. The molecule has 1 saturated heterocycles. The average molecular weight is 441 g/mol. The third-order valence-corrected chi connectivity index (χ3v) is 5.18.